The summed E-state index contributed by atoms with van der Waals surface area (Å²) in [5, 5.41) is 9.05. The van der Waals surface area contributed by atoms with Crippen LogP contribution in [-0.2, 0) is 0 Å². The van der Waals surface area contributed by atoms with Gasteiger partial charge in [-0.05, 0) is 19.1 Å². The minimum absolute atomic E-state index is 0.560. The molecule has 0 unspecified atom stereocenters. The van der Waals surface area contributed by atoms with E-state index in [-0.39, 0.29) is 0 Å². The van der Waals surface area contributed by atoms with Crippen molar-refractivity contribution < 1.29 is 0 Å². The summed E-state index contributed by atoms with van der Waals surface area (Å²) >= 11 is 5.65. The summed E-state index contributed by atoms with van der Waals surface area (Å²) in [7, 11) is 0. The lowest BCUT2D eigenvalue weighted by Gasteiger charge is -1.86. The second kappa shape index (κ2) is 2.68. The van der Waals surface area contributed by atoms with E-state index in [1.165, 1.54) is 0 Å². The van der Waals surface area contributed by atoms with Crippen molar-refractivity contribution in [1.29, 1.82) is 5.39 Å². The van der Waals surface area contributed by atoms with E-state index in [0.717, 1.165) is 5.56 Å². The number of halogens is 1. The zero-order chi connectivity index (χ0) is 7.56. The third kappa shape index (κ3) is 1.26. The van der Waals surface area contributed by atoms with Gasteiger partial charge in [0.15, 0.2) is 4.98 Å². The monoisotopic (exact) mass is 153 g/mol. The highest BCUT2D eigenvalue weighted by Crippen LogP contribution is 2.21. The van der Waals surface area contributed by atoms with Crippen LogP contribution in [0.3, 0.4) is 0 Å². The maximum atomic E-state index is 8.39. The molecule has 10 heavy (non-hydrogen) atoms. The van der Waals surface area contributed by atoms with Gasteiger partial charge in [0.2, 0.25) is 5.39 Å². The fraction of sp³-hybridized carbons (Fsp3) is 0.143. The molecule has 0 N–H and O–H groups in total. The Labute approximate surface area is 64.1 Å². The summed E-state index contributed by atoms with van der Waals surface area (Å²) in [5.41, 5.74) is 1.43. The summed E-state index contributed by atoms with van der Waals surface area (Å²) in [6.07, 6.45) is 0. The molecule has 0 spiro atoms. The molecule has 1 aromatic carbocycles. The normalized spacial score (nSPS) is 8.90. The van der Waals surface area contributed by atoms with Crippen molar-refractivity contribution in [3.63, 3.8) is 0 Å². The van der Waals surface area contributed by atoms with Crippen molar-refractivity contribution >= 4 is 17.3 Å². The third-order valence-corrected chi connectivity index (χ3v) is 1.50. The molecule has 0 heterocycles. The predicted octanol–water partition coefficient (Wildman–Crippen LogP) is 3.13. The molecule has 0 fully saturated rings. The molecule has 0 atom stereocenters. The second-order valence-electron chi connectivity index (χ2n) is 2.03. The van der Waals surface area contributed by atoms with Crippen LogP contribution in [0.1, 0.15) is 5.56 Å². The molecule has 0 saturated heterocycles. The maximum Gasteiger partial charge on any atom is 0.388 e. The van der Waals surface area contributed by atoms with E-state index in [0.29, 0.717) is 10.7 Å². The lowest BCUT2D eigenvalue weighted by molar-refractivity contribution is 1.41. The number of rotatable bonds is 0. The number of hydrogen-bond acceptors (Lipinski definition) is 1. The van der Waals surface area contributed by atoms with Crippen LogP contribution in [0.5, 0.6) is 0 Å². The molecule has 0 aliphatic heterocycles. The van der Waals surface area contributed by atoms with Gasteiger partial charge in [-0.2, -0.15) is 0 Å². The molecule has 0 aromatic heterocycles. The van der Waals surface area contributed by atoms with Gasteiger partial charge >= 0.3 is 5.69 Å². The Balaban J connectivity index is 3.23. The highest BCUT2D eigenvalue weighted by molar-refractivity contribution is 6.30. The van der Waals surface area contributed by atoms with Crippen molar-refractivity contribution in [3.05, 3.63) is 33.8 Å². The summed E-state index contributed by atoms with van der Waals surface area (Å²) < 4.78 is 0. The molecule has 50 valence electrons. The van der Waals surface area contributed by atoms with Crippen LogP contribution >= 0.6 is 11.6 Å². The Morgan fingerprint density at radius 2 is 2.20 bits per heavy atom. The fourth-order valence-corrected chi connectivity index (χ4v) is 0.958. The van der Waals surface area contributed by atoms with Crippen LogP contribution in [0.2, 0.25) is 5.02 Å². The van der Waals surface area contributed by atoms with Crippen molar-refractivity contribution in [1.82, 2.24) is 0 Å². The largest absolute Gasteiger partial charge is 0.388 e. The highest BCUT2D eigenvalue weighted by atomic mass is 35.5. The topological polar surface area (TPSA) is 28.1 Å². The molecule has 2 nitrogen and oxygen atoms in total. The molecular formula is C7H6ClN2+. The zero-order valence-electron chi connectivity index (χ0n) is 5.50. The average molecular weight is 154 g/mol. The fourth-order valence-electron chi connectivity index (χ4n) is 0.731. The smallest absolute Gasteiger partial charge is 0.0843 e. The first kappa shape index (κ1) is 7.04. The van der Waals surface area contributed by atoms with Crippen molar-refractivity contribution in [2.75, 3.05) is 0 Å². The molecule has 1 aromatic rings. The van der Waals surface area contributed by atoms with E-state index >= 15 is 0 Å². The van der Waals surface area contributed by atoms with Crippen LogP contribution in [0, 0.1) is 12.3 Å². The molecular weight excluding hydrogens is 148 g/mol. The molecule has 0 aliphatic carbocycles. The standard InChI is InChI=1S/C7H6ClN2/c1-5-4-6(8)2-3-7(5)10-9/h2-4H,1H3/q+1. The number of aryl methyl sites for hydroxylation is 1. The Hall–Kier alpha value is -1.07. The molecule has 0 radical (unpaired) electrons. The summed E-state index contributed by atoms with van der Waals surface area (Å²) in [6.45, 7) is 1.83. The Bertz CT molecular complexity index is 288. The van der Waals surface area contributed by atoms with Crippen LogP contribution in [0.25, 0.3) is 4.98 Å². The van der Waals surface area contributed by atoms with Gasteiger partial charge in [0.05, 0.1) is 0 Å². The van der Waals surface area contributed by atoms with Crippen LogP contribution in [-0.4, -0.2) is 0 Å². The van der Waals surface area contributed by atoms with E-state index in [2.05, 4.69) is 4.98 Å². The number of hydrogen-bond donors (Lipinski definition) is 0. The Morgan fingerprint density at radius 1 is 1.50 bits per heavy atom. The number of benzene rings is 1. The first-order valence-electron chi connectivity index (χ1n) is 2.85. The van der Waals surface area contributed by atoms with Gasteiger partial charge in [-0.25, -0.2) is 0 Å². The minimum Gasteiger partial charge on any atom is -0.0843 e. The molecule has 0 aliphatic rings. The average Bonchev–Trinajstić information content (AvgIpc) is 1.88. The zero-order valence-corrected chi connectivity index (χ0v) is 6.26. The van der Waals surface area contributed by atoms with E-state index in [9.17, 15) is 0 Å². The summed E-state index contributed by atoms with van der Waals surface area (Å²) in [5.74, 6) is 0. The van der Waals surface area contributed by atoms with Crippen molar-refractivity contribution in [2.24, 2.45) is 0 Å². The molecule has 0 amide bonds. The maximum absolute atomic E-state index is 8.39. The first-order valence-corrected chi connectivity index (χ1v) is 3.23. The van der Waals surface area contributed by atoms with Gasteiger partial charge in [-0.3, -0.25) is 0 Å². The lowest BCUT2D eigenvalue weighted by atomic mass is 10.2. The van der Waals surface area contributed by atoms with Gasteiger partial charge in [0.1, 0.15) is 0 Å². The summed E-state index contributed by atoms with van der Waals surface area (Å²) in [6, 6.07) is 5.10. The predicted molar refractivity (Wildman–Crippen MR) is 40.9 cm³/mol. The SMILES string of the molecule is Cc1cc(Cl)ccc1[N+]#N. The molecule has 1 rings (SSSR count). The van der Waals surface area contributed by atoms with E-state index in [1.54, 1.807) is 18.2 Å². The van der Waals surface area contributed by atoms with Crippen LogP contribution in [0.15, 0.2) is 18.2 Å². The lowest BCUT2D eigenvalue weighted by Crippen LogP contribution is -1.70. The quantitative estimate of drug-likeness (QED) is 0.527. The Kier molecular flexibility index (Phi) is 1.88. The number of nitrogens with zero attached hydrogens (tertiary/aromatic N) is 2. The van der Waals surface area contributed by atoms with Crippen LogP contribution < -0.4 is 0 Å². The van der Waals surface area contributed by atoms with Gasteiger partial charge in [-0.1, -0.05) is 11.6 Å². The molecule has 0 bridgehead atoms. The molecule has 0 saturated carbocycles. The Morgan fingerprint density at radius 3 is 2.70 bits per heavy atom. The van der Waals surface area contributed by atoms with Crippen LogP contribution in [0.4, 0.5) is 5.69 Å². The van der Waals surface area contributed by atoms with Gasteiger partial charge in [0.25, 0.3) is 0 Å². The minimum atomic E-state index is 0.560. The van der Waals surface area contributed by atoms with Crippen molar-refractivity contribution in [2.45, 2.75) is 6.92 Å². The van der Waals surface area contributed by atoms with Gasteiger partial charge in [-0.15, -0.1) is 0 Å². The molecule has 3 heteroatoms. The second-order valence-corrected chi connectivity index (χ2v) is 2.47. The van der Waals surface area contributed by atoms with Gasteiger partial charge in [0, 0.05) is 16.7 Å². The van der Waals surface area contributed by atoms with E-state index in [4.69, 9.17) is 17.0 Å². The number of diazo groups is 1. The highest BCUT2D eigenvalue weighted by Gasteiger charge is 2.07. The van der Waals surface area contributed by atoms with Gasteiger partial charge < -0.3 is 0 Å². The van der Waals surface area contributed by atoms with E-state index in [1.807, 2.05) is 6.92 Å². The van der Waals surface area contributed by atoms with Crippen molar-refractivity contribution in [3.8, 4) is 0 Å². The van der Waals surface area contributed by atoms with E-state index < -0.39 is 0 Å². The third-order valence-electron chi connectivity index (χ3n) is 1.27. The summed E-state index contributed by atoms with van der Waals surface area (Å²) in [4.78, 5) is 3.05. The first-order chi connectivity index (χ1) is 4.74.